The SMILES string of the molecule is CC(=O)/C(=C\c1ccccc1Cl)C(N)=O. The Morgan fingerprint density at radius 2 is 1.93 bits per heavy atom. The lowest BCUT2D eigenvalue weighted by molar-refractivity contribution is -0.119. The van der Waals surface area contributed by atoms with Crippen molar-refractivity contribution in [1.29, 1.82) is 0 Å². The maximum atomic E-state index is 11.1. The zero-order chi connectivity index (χ0) is 11.4. The van der Waals surface area contributed by atoms with Crippen LogP contribution in [0.25, 0.3) is 6.08 Å². The topological polar surface area (TPSA) is 60.2 Å². The van der Waals surface area contributed by atoms with Gasteiger partial charge in [-0.05, 0) is 24.6 Å². The highest BCUT2D eigenvalue weighted by Crippen LogP contribution is 2.18. The number of benzene rings is 1. The number of Topliss-reactive ketones (excluding diaryl/α,β-unsaturated/α-hetero) is 1. The number of rotatable bonds is 3. The molecule has 0 spiro atoms. The predicted octanol–water partition coefficient (Wildman–Crippen LogP) is 1.80. The van der Waals surface area contributed by atoms with Gasteiger partial charge in [0, 0.05) is 5.02 Å². The fraction of sp³-hybridized carbons (Fsp3) is 0.0909. The van der Waals surface area contributed by atoms with E-state index in [2.05, 4.69) is 0 Å². The van der Waals surface area contributed by atoms with Crippen LogP contribution < -0.4 is 5.73 Å². The molecule has 0 aliphatic carbocycles. The van der Waals surface area contributed by atoms with Gasteiger partial charge >= 0.3 is 0 Å². The summed E-state index contributed by atoms with van der Waals surface area (Å²) in [5.74, 6) is -1.12. The Bertz CT molecular complexity index is 422. The number of nitrogens with two attached hydrogens (primary N) is 1. The minimum Gasteiger partial charge on any atom is -0.365 e. The van der Waals surface area contributed by atoms with Gasteiger partial charge in [-0.2, -0.15) is 0 Å². The number of halogens is 1. The maximum Gasteiger partial charge on any atom is 0.252 e. The zero-order valence-electron chi connectivity index (χ0n) is 8.16. The summed E-state index contributed by atoms with van der Waals surface area (Å²) >= 11 is 5.87. The molecule has 15 heavy (non-hydrogen) atoms. The van der Waals surface area contributed by atoms with E-state index in [4.69, 9.17) is 17.3 Å². The highest BCUT2D eigenvalue weighted by atomic mass is 35.5. The van der Waals surface area contributed by atoms with Gasteiger partial charge in [-0.15, -0.1) is 0 Å². The molecule has 0 atom stereocenters. The van der Waals surface area contributed by atoms with Crippen molar-refractivity contribution in [1.82, 2.24) is 0 Å². The summed E-state index contributed by atoms with van der Waals surface area (Å²) in [6.45, 7) is 1.29. The molecule has 78 valence electrons. The van der Waals surface area contributed by atoms with Gasteiger partial charge in [-0.3, -0.25) is 9.59 Å². The fourth-order valence-electron chi connectivity index (χ4n) is 1.09. The molecule has 0 fully saturated rings. The molecule has 1 aromatic rings. The van der Waals surface area contributed by atoms with Crippen LogP contribution in [0.2, 0.25) is 5.02 Å². The standard InChI is InChI=1S/C11H10ClNO2/c1-7(14)9(11(13)15)6-8-4-2-3-5-10(8)12/h2-6H,1H3,(H2,13,15)/b9-6+. The average Bonchev–Trinajstić information content (AvgIpc) is 2.15. The van der Waals surface area contributed by atoms with Crippen molar-refractivity contribution in [2.24, 2.45) is 5.73 Å². The Morgan fingerprint density at radius 1 is 1.33 bits per heavy atom. The van der Waals surface area contributed by atoms with Crippen LogP contribution in [-0.4, -0.2) is 11.7 Å². The summed E-state index contributed by atoms with van der Waals surface area (Å²) in [6.07, 6.45) is 1.40. The normalized spacial score (nSPS) is 11.2. The van der Waals surface area contributed by atoms with E-state index in [-0.39, 0.29) is 11.4 Å². The Labute approximate surface area is 92.5 Å². The summed E-state index contributed by atoms with van der Waals surface area (Å²) in [5, 5.41) is 0.470. The summed E-state index contributed by atoms with van der Waals surface area (Å²) in [6, 6.07) is 6.90. The largest absolute Gasteiger partial charge is 0.365 e. The lowest BCUT2D eigenvalue weighted by atomic mass is 10.1. The van der Waals surface area contributed by atoms with E-state index in [1.165, 1.54) is 13.0 Å². The van der Waals surface area contributed by atoms with E-state index in [0.717, 1.165) is 0 Å². The maximum absolute atomic E-state index is 11.1. The molecule has 0 saturated heterocycles. The molecule has 1 amide bonds. The summed E-state index contributed by atoms with van der Waals surface area (Å²) in [4.78, 5) is 22.0. The van der Waals surface area contributed by atoms with E-state index < -0.39 is 5.91 Å². The van der Waals surface area contributed by atoms with Gasteiger partial charge in [0.2, 0.25) is 0 Å². The Kier molecular flexibility index (Phi) is 3.63. The molecular weight excluding hydrogens is 214 g/mol. The van der Waals surface area contributed by atoms with Crippen LogP contribution in [0.4, 0.5) is 0 Å². The number of hydrogen-bond donors (Lipinski definition) is 1. The number of ketones is 1. The molecular formula is C11H10ClNO2. The Hall–Kier alpha value is -1.61. The van der Waals surface area contributed by atoms with E-state index in [0.29, 0.717) is 10.6 Å². The Morgan fingerprint density at radius 3 is 2.40 bits per heavy atom. The van der Waals surface area contributed by atoms with E-state index in [9.17, 15) is 9.59 Å². The molecule has 0 saturated carbocycles. The number of hydrogen-bond acceptors (Lipinski definition) is 2. The van der Waals surface area contributed by atoms with E-state index in [1.807, 2.05) is 0 Å². The summed E-state index contributed by atoms with van der Waals surface area (Å²) in [7, 11) is 0. The summed E-state index contributed by atoms with van der Waals surface area (Å²) < 4.78 is 0. The third-order valence-electron chi connectivity index (χ3n) is 1.85. The van der Waals surface area contributed by atoms with Crippen molar-refractivity contribution in [3.8, 4) is 0 Å². The van der Waals surface area contributed by atoms with Gasteiger partial charge in [-0.1, -0.05) is 29.8 Å². The lowest BCUT2D eigenvalue weighted by Crippen LogP contribution is -2.18. The molecule has 0 radical (unpaired) electrons. The first kappa shape index (κ1) is 11.5. The monoisotopic (exact) mass is 223 g/mol. The van der Waals surface area contributed by atoms with Gasteiger partial charge in [-0.25, -0.2) is 0 Å². The van der Waals surface area contributed by atoms with Crippen molar-refractivity contribution in [3.05, 3.63) is 40.4 Å². The molecule has 0 bridgehead atoms. The number of amides is 1. The first-order valence-corrected chi connectivity index (χ1v) is 4.67. The molecule has 0 aliphatic heterocycles. The highest BCUT2D eigenvalue weighted by Gasteiger charge is 2.10. The van der Waals surface area contributed by atoms with Crippen molar-refractivity contribution < 1.29 is 9.59 Å². The van der Waals surface area contributed by atoms with Crippen LogP contribution in [0.15, 0.2) is 29.8 Å². The van der Waals surface area contributed by atoms with Crippen LogP contribution in [-0.2, 0) is 9.59 Å². The minimum absolute atomic E-state index is 0.0527. The number of carbonyl (C=O) groups excluding carboxylic acids is 2. The molecule has 0 aliphatic rings. The lowest BCUT2D eigenvalue weighted by Gasteiger charge is -2.00. The molecule has 1 rings (SSSR count). The Balaban J connectivity index is 3.19. The number of primary amides is 1. The van der Waals surface area contributed by atoms with Crippen LogP contribution >= 0.6 is 11.6 Å². The average molecular weight is 224 g/mol. The zero-order valence-corrected chi connectivity index (χ0v) is 8.91. The van der Waals surface area contributed by atoms with Crippen LogP contribution in [0.3, 0.4) is 0 Å². The van der Waals surface area contributed by atoms with Crippen LogP contribution in [0, 0.1) is 0 Å². The first-order chi connectivity index (χ1) is 7.02. The smallest absolute Gasteiger partial charge is 0.252 e. The summed E-state index contributed by atoms with van der Waals surface area (Å²) in [5.41, 5.74) is 5.61. The second-order valence-corrected chi connectivity index (χ2v) is 3.41. The van der Waals surface area contributed by atoms with Gasteiger partial charge in [0.15, 0.2) is 5.78 Å². The molecule has 0 aromatic heterocycles. The molecule has 3 nitrogen and oxygen atoms in total. The fourth-order valence-corrected chi connectivity index (χ4v) is 1.28. The molecule has 1 aromatic carbocycles. The third-order valence-corrected chi connectivity index (χ3v) is 2.19. The minimum atomic E-state index is -0.748. The van der Waals surface area contributed by atoms with Gasteiger partial charge in [0.05, 0.1) is 5.57 Å². The van der Waals surface area contributed by atoms with Crippen molar-refractivity contribution in [2.45, 2.75) is 6.92 Å². The van der Waals surface area contributed by atoms with Crippen LogP contribution in [0.1, 0.15) is 12.5 Å². The number of carbonyl (C=O) groups is 2. The first-order valence-electron chi connectivity index (χ1n) is 4.29. The van der Waals surface area contributed by atoms with E-state index in [1.54, 1.807) is 24.3 Å². The van der Waals surface area contributed by atoms with Crippen molar-refractivity contribution in [3.63, 3.8) is 0 Å². The quantitative estimate of drug-likeness (QED) is 0.483. The van der Waals surface area contributed by atoms with Crippen molar-refractivity contribution >= 4 is 29.4 Å². The van der Waals surface area contributed by atoms with E-state index >= 15 is 0 Å². The van der Waals surface area contributed by atoms with Gasteiger partial charge in [0.25, 0.3) is 5.91 Å². The molecule has 2 N–H and O–H groups in total. The second-order valence-electron chi connectivity index (χ2n) is 3.00. The van der Waals surface area contributed by atoms with Gasteiger partial charge < -0.3 is 5.73 Å². The molecule has 4 heteroatoms. The van der Waals surface area contributed by atoms with Crippen molar-refractivity contribution in [2.75, 3.05) is 0 Å². The van der Waals surface area contributed by atoms with Crippen LogP contribution in [0.5, 0.6) is 0 Å². The highest BCUT2D eigenvalue weighted by molar-refractivity contribution is 6.32. The molecule has 0 unspecified atom stereocenters. The second kappa shape index (κ2) is 4.75. The molecule has 0 heterocycles. The third kappa shape index (κ3) is 2.92. The predicted molar refractivity (Wildman–Crippen MR) is 59.3 cm³/mol. The van der Waals surface area contributed by atoms with Gasteiger partial charge in [0.1, 0.15) is 0 Å².